The molecule has 8 nitrogen and oxygen atoms in total. The summed E-state index contributed by atoms with van der Waals surface area (Å²) in [5.41, 5.74) is -2.00. The number of hydrogen-bond donors (Lipinski definition) is 1. The fourth-order valence-electron chi connectivity index (χ4n) is 1.92. The predicted molar refractivity (Wildman–Crippen MR) is 94.0 cm³/mol. The van der Waals surface area contributed by atoms with Crippen molar-refractivity contribution in [1.29, 1.82) is 0 Å². The highest BCUT2D eigenvalue weighted by atomic mass is 32.2. The van der Waals surface area contributed by atoms with E-state index in [0.717, 1.165) is 12.1 Å². The molecule has 1 rings (SSSR count). The van der Waals surface area contributed by atoms with Gasteiger partial charge in [-0.05, 0) is 19.1 Å². The second-order valence-corrected chi connectivity index (χ2v) is 7.94. The Kier molecular flexibility index (Phi) is 8.45. The van der Waals surface area contributed by atoms with Crippen LogP contribution in [0.5, 0.6) is 5.75 Å². The van der Waals surface area contributed by atoms with E-state index in [1.165, 1.54) is 19.1 Å². The van der Waals surface area contributed by atoms with Crippen molar-refractivity contribution in [3.63, 3.8) is 0 Å². The summed E-state index contributed by atoms with van der Waals surface area (Å²) >= 11 is 0. The summed E-state index contributed by atoms with van der Waals surface area (Å²) in [5, 5.41) is -5.11. The van der Waals surface area contributed by atoms with Gasteiger partial charge in [-0.2, -0.15) is 43.5 Å². The summed E-state index contributed by atoms with van der Waals surface area (Å²) in [4.78, 5) is 24.0. The monoisotopic (exact) mass is 530 g/mol. The second-order valence-electron chi connectivity index (χ2n) is 6.39. The minimum absolute atomic E-state index is 0.526. The van der Waals surface area contributed by atoms with E-state index in [2.05, 4.69) is 20.8 Å². The molecule has 0 aliphatic carbocycles. The smallest absolute Gasteiger partial charge is 0.421 e. The topological polar surface area (TPSA) is 116 Å². The first-order chi connectivity index (χ1) is 15.1. The summed E-state index contributed by atoms with van der Waals surface area (Å²) in [6.45, 7) is 1.63. The standard InChI is InChI=1S/C17H14F8O8S/c1-9-3-5-11(6-4-9)32-13(27)15(17(23,24)25,33-12(26)10(2)16(20,21)22)31-8-7-14(18,19)34(28,29)30/h3-6H,2,7-8H2,1H3,(H,28,29,30). The number of aryl methyl sites for hydroxylation is 1. The van der Waals surface area contributed by atoms with Gasteiger partial charge in [-0.3, -0.25) is 4.55 Å². The third-order valence-electron chi connectivity index (χ3n) is 3.77. The van der Waals surface area contributed by atoms with Gasteiger partial charge in [0, 0.05) is 0 Å². The van der Waals surface area contributed by atoms with Crippen LogP contribution in [0.2, 0.25) is 0 Å². The molecule has 0 aromatic heterocycles. The van der Waals surface area contributed by atoms with Crippen LogP contribution >= 0.6 is 0 Å². The zero-order valence-corrected chi connectivity index (χ0v) is 17.5. The van der Waals surface area contributed by atoms with E-state index in [1.807, 2.05) is 0 Å². The molecule has 1 unspecified atom stereocenters. The second kappa shape index (κ2) is 9.83. The number of rotatable bonds is 9. The lowest BCUT2D eigenvalue weighted by atomic mass is 10.2. The van der Waals surface area contributed by atoms with Crippen molar-refractivity contribution in [1.82, 2.24) is 0 Å². The number of carbonyl (C=O) groups is 2. The number of ether oxygens (including phenoxy) is 3. The van der Waals surface area contributed by atoms with Crippen LogP contribution in [0.25, 0.3) is 0 Å². The molecule has 0 saturated heterocycles. The molecule has 0 aliphatic rings. The Hall–Kier alpha value is -2.79. The van der Waals surface area contributed by atoms with Crippen molar-refractivity contribution in [2.75, 3.05) is 6.61 Å². The van der Waals surface area contributed by atoms with Gasteiger partial charge in [-0.15, -0.1) is 0 Å². The molecule has 1 atom stereocenters. The fourth-order valence-corrected chi connectivity index (χ4v) is 2.26. The molecule has 0 saturated carbocycles. The molecule has 17 heteroatoms. The molecule has 0 spiro atoms. The van der Waals surface area contributed by atoms with Gasteiger partial charge in [0.05, 0.1) is 13.0 Å². The highest BCUT2D eigenvalue weighted by molar-refractivity contribution is 7.86. The Balaban J connectivity index is 3.44. The Morgan fingerprint density at radius 3 is 1.91 bits per heavy atom. The van der Waals surface area contributed by atoms with Crippen LogP contribution in [0.1, 0.15) is 12.0 Å². The van der Waals surface area contributed by atoms with E-state index in [0.29, 0.717) is 5.56 Å². The number of hydrogen-bond acceptors (Lipinski definition) is 7. The number of esters is 2. The van der Waals surface area contributed by atoms with Crippen LogP contribution in [-0.4, -0.2) is 54.9 Å². The molecule has 1 aromatic rings. The van der Waals surface area contributed by atoms with Gasteiger partial charge in [0.1, 0.15) is 11.3 Å². The molecular formula is C17H14F8O8S. The molecule has 0 bridgehead atoms. The first-order valence-corrected chi connectivity index (χ1v) is 9.92. The number of alkyl halides is 8. The van der Waals surface area contributed by atoms with Crippen molar-refractivity contribution in [2.45, 2.75) is 36.7 Å². The third-order valence-corrected chi connectivity index (χ3v) is 4.73. The fraction of sp³-hybridized carbons (Fsp3) is 0.412. The number of halogens is 8. The maximum absolute atomic E-state index is 13.8. The Labute approximate surface area is 185 Å². The molecule has 192 valence electrons. The Morgan fingerprint density at radius 2 is 1.50 bits per heavy atom. The average Bonchev–Trinajstić information content (AvgIpc) is 2.65. The molecule has 34 heavy (non-hydrogen) atoms. The highest BCUT2D eigenvalue weighted by Crippen LogP contribution is 2.39. The number of carbonyl (C=O) groups excluding carboxylic acids is 2. The number of benzene rings is 1. The summed E-state index contributed by atoms with van der Waals surface area (Å²) in [5.74, 6) is -11.3. The zero-order chi connectivity index (χ0) is 26.8. The molecule has 0 radical (unpaired) electrons. The SMILES string of the molecule is C=C(C(=O)OC(OCCC(F)(F)S(=O)(=O)O)(C(=O)Oc1ccc(C)cc1)C(F)(F)F)C(F)(F)F. The molecular weight excluding hydrogens is 516 g/mol. The van der Waals surface area contributed by atoms with Gasteiger partial charge < -0.3 is 14.2 Å². The van der Waals surface area contributed by atoms with Crippen molar-refractivity contribution < 1.29 is 71.9 Å². The van der Waals surface area contributed by atoms with Crippen LogP contribution in [-0.2, 0) is 29.2 Å². The van der Waals surface area contributed by atoms with Gasteiger partial charge in [0.15, 0.2) is 0 Å². The summed E-state index contributed by atoms with van der Waals surface area (Å²) in [7, 11) is -6.17. The molecule has 1 N–H and O–H groups in total. The van der Waals surface area contributed by atoms with Crippen LogP contribution in [0.3, 0.4) is 0 Å². The average molecular weight is 530 g/mol. The van der Waals surface area contributed by atoms with E-state index in [-0.39, 0.29) is 0 Å². The summed E-state index contributed by atoms with van der Waals surface area (Å²) in [6, 6.07) is 4.31. The first kappa shape index (κ1) is 29.2. The minimum Gasteiger partial charge on any atom is -0.421 e. The lowest BCUT2D eigenvalue weighted by Crippen LogP contribution is -2.59. The lowest BCUT2D eigenvalue weighted by Gasteiger charge is -2.32. The largest absolute Gasteiger partial charge is 0.468 e. The normalized spacial score (nSPS) is 14.8. The van der Waals surface area contributed by atoms with Crippen molar-refractivity contribution in [3.8, 4) is 5.75 Å². The Bertz CT molecular complexity index is 1030. The maximum Gasteiger partial charge on any atom is 0.468 e. The van der Waals surface area contributed by atoms with Crippen molar-refractivity contribution in [3.05, 3.63) is 42.0 Å². The van der Waals surface area contributed by atoms with E-state index in [9.17, 15) is 53.1 Å². The van der Waals surface area contributed by atoms with Crippen LogP contribution in [0.4, 0.5) is 35.1 Å². The molecule has 0 fully saturated rings. The molecule has 0 aliphatic heterocycles. The third kappa shape index (κ3) is 6.86. The quantitative estimate of drug-likeness (QED) is 0.128. The first-order valence-electron chi connectivity index (χ1n) is 8.48. The maximum atomic E-state index is 13.8. The van der Waals surface area contributed by atoms with Crippen LogP contribution < -0.4 is 4.74 Å². The van der Waals surface area contributed by atoms with E-state index in [1.54, 1.807) is 0 Å². The van der Waals surface area contributed by atoms with E-state index >= 15 is 0 Å². The van der Waals surface area contributed by atoms with Gasteiger partial charge in [-0.1, -0.05) is 24.3 Å². The Morgan fingerprint density at radius 1 is 1.00 bits per heavy atom. The van der Waals surface area contributed by atoms with E-state index in [4.69, 9.17) is 4.55 Å². The summed E-state index contributed by atoms with van der Waals surface area (Å²) in [6.07, 6.45) is -14.1. The van der Waals surface area contributed by atoms with E-state index < -0.39 is 69.8 Å². The lowest BCUT2D eigenvalue weighted by molar-refractivity contribution is -0.353. The minimum atomic E-state index is -6.25. The van der Waals surface area contributed by atoms with Gasteiger partial charge >= 0.3 is 45.5 Å². The predicted octanol–water partition coefficient (Wildman–Crippen LogP) is 3.71. The van der Waals surface area contributed by atoms with Gasteiger partial charge in [0.25, 0.3) is 0 Å². The zero-order valence-electron chi connectivity index (χ0n) is 16.7. The van der Waals surface area contributed by atoms with Crippen LogP contribution in [0.15, 0.2) is 36.4 Å². The summed E-state index contributed by atoms with van der Waals surface area (Å²) < 4.78 is 148. The van der Waals surface area contributed by atoms with Gasteiger partial charge in [0.2, 0.25) is 0 Å². The molecule has 1 aromatic carbocycles. The highest BCUT2D eigenvalue weighted by Gasteiger charge is 2.69. The molecule has 0 amide bonds. The van der Waals surface area contributed by atoms with Gasteiger partial charge in [-0.25, -0.2) is 9.59 Å². The van der Waals surface area contributed by atoms with Crippen molar-refractivity contribution >= 4 is 22.1 Å². The molecule has 0 heterocycles. The van der Waals surface area contributed by atoms with Crippen LogP contribution in [0, 0.1) is 6.92 Å². The van der Waals surface area contributed by atoms with Crippen molar-refractivity contribution in [2.24, 2.45) is 0 Å².